The van der Waals surface area contributed by atoms with E-state index in [0.29, 0.717) is 6.42 Å². The summed E-state index contributed by atoms with van der Waals surface area (Å²) in [5.41, 5.74) is -2.39. The van der Waals surface area contributed by atoms with Crippen molar-refractivity contribution >= 4 is 23.8 Å². The van der Waals surface area contributed by atoms with Crippen molar-refractivity contribution in [1.29, 1.82) is 0 Å². The first-order valence-electron chi connectivity index (χ1n) is 8.74. The number of hydrogen-bond acceptors (Lipinski definition) is 5. The molecule has 1 N–H and O–H groups in total. The number of carbonyl (C=O) groups excluding carboxylic acids is 4. The van der Waals surface area contributed by atoms with Gasteiger partial charge in [-0.15, -0.1) is 0 Å². The normalized spacial score (nSPS) is 24.9. The van der Waals surface area contributed by atoms with Crippen LogP contribution in [0, 0.1) is 0 Å². The number of amides is 4. The van der Waals surface area contributed by atoms with E-state index in [9.17, 15) is 19.2 Å². The summed E-state index contributed by atoms with van der Waals surface area (Å²) < 4.78 is 5.41. The molecule has 0 aromatic carbocycles. The number of nitrogens with zero attached hydrogens (tertiary/aromatic N) is 3. The summed E-state index contributed by atoms with van der Waals surface area (Å²) in [5.74, 6) is -1.30. The van der Waals surface area contributed by atoms with Gasteiger partial charge in [0, 0.05) is 20.6 Å². The summed E-state index contributed by atoms with van der Waals surface area (Å²) in [6.07, 6.45) is 0.0253. The van der Waals surface area contributed by atoms with Gasteiger partial charge in [0.05, 0.1) is 6.67 Å². The summed E-state index contributed by atoms with van der Waals surface area (Å²) in [4.78, 5) is 54.9. The van der Waals surface area contributed by atoms with E-state index in [2.05, 4.69) is 5.32 Å². The lowest BCUT2D eigenvalue weighted by Crippen LogP contribution is -2.73. The average Bonchev–Trinajstić information content (AvgIpc) is 2.99. The van der Waals surface area contributed by atoms with Crippen LogP contribution in [0.15, 0.2) is 0 Å². The molecule has 2 aliphatic rings. The second-order valence-corrected chi connectivity index (χ2v) is 7.81. The number of carbonyl (C=O) groups is 4. The smallest absolute Gasteiger partial charge is 0.411 e. The minimum Gasteiger partial charge on any atom is -0.444 e. The largest absolute Gasteiger partial charge is 0.444 e. The maximum atomic E-state index is 13.3. The third-order valence-electron chi connectivity index (χ3n) is 4.77. The summed E-state index contributed by atoms with van der Waals surface area (Å²) in [5, 5.41) is 2.51. The molecule has 146 valence electrons. The minimum absolute atomic E-state index is 0.00381. The van der Waals surface area contributed by atoms with E-state index in [1.54, 1.807) is 34.7 Å². The number of likely N-dealkylation sites (N-methyl/N-ethyl adjacent to an activating group) is 2. The van der Waals surface area contributed by atoms with Crippen LogP contribution in [0.2, 0.25) is 0 Å². The Hall–Kier alpha value is -2.32. The molecule has 0 aliphatic carbocycles. The van der Waals surface area contributed by atoms with Gasteiger partial charge in [-0.3, -0.25) is 19.3 Å². The van der Waals surface area contributed by atoms with E-state index in [-0.39, 0.29) is 25.5 Å². The molecule has 0 radical (unpaired) electrons. The summed E-state index contributed by atoms with van der Waals surface area (Å²) >= 11 is 0. The van der Waals surface area contributed by atoms with Gasteiger partial charge in [-0.25, -0.2) is 4.79 Å². The van der Waals surface area contributed by atoms with Crippen molar-refractivity contribution in [2.75, 3.05) is 27.3 Å². The predicted molar refractivity (Wildman–Crippen MR) is 92.9 cm³/mol. The number of likely N-dealkylation sites (tertiary alicyclic amines) is 1. The maximum absolute atomic E-state index is 13.3. The van der Waals surface area contributed by atoms with E-state index in [0.717, 1.165) is 0 Å². The minimum atomic E-state index is -1.64. The standard InChI is InChI=1S/C17H28N4O5/c1-11(12(22)18-5)20-10-19(6)13(23)17(14(20)24)8-7-9-21(17)15(25)26-16(2,3)4/h11H,7-10H2,1-6H3,(H,18,22)/t11-,17+/m0/s1. The molecule has 2 saturated heterocycles. The third kappa shape index (κ3) is 3.22. The Morgan fingerprint density at radius 3 is 2.38 bits per heavy atom. The maximum Gasteiger partial charge on any atom is 0.411 e. The molecule has 2 atom stereocenters. The summed E-state index contributed by atoms with van der Waals surface area (Å²) in [6.45, 7) is 7.03. The van der Waals surface area contributed by atoms with Gasteiger partial charge >= 0.3 is 6.09 Å². The van der Waals surface area contributed by atoms with Gasteiger partial charge in [0.15, 0.2) is 0 Å². The lowest BCUT2D eigenvalue weighted by atomic mass is 9.90. The van der Waals surface area contributed by atoms with Crippen molar-refractivity contribution in [3.8, 4) is 0 Å². The number of rotatable bonds is 2. The molecule has 9 nitrogen and oxygen atoms in total. The molecule has 0 aromatic heterocycles. The summed E-state index contributed by atoms with van der Waals surface area (Å²) in [7, 11) is 3.05. The van der Waals surface area contributed by atoms with Crippen LogP contribution in [0.1, 0.15) is 40.5 Å². The van der Waals surface area contributed by atoms with Gasteiger partial charge in [0.2, 0.25) is 11.4 Å². The molecule has 26 heavy (non-hydrogen) atoms. The van der Waals surface area contributed by atoms with Crippen LogP contribution in [-0.4, -0.2) is 83.0 Å². The third-order valence-corrected chi connectivity index (χ3v) is 4.77. The van der Waals surface area contributed by atoms with Crippen molar-refractivity contribution in [1.82, 2.24) is 20.0 Å². The first kappa shape index (κ1) is 20.0. The highest BCUT2D eigenvalue weighted by molar-refractivity contribution is 6.14. The van der Waals surface area contributed by atoms with E-state index < -0.39 is 35.1 Å². The first-order valence-corrected chi connectivity index (χ1v) is 8.74. The van der Waals surface area contributed by atoms with Crippen molar-refractivity contribution in [2.45, 2.75) is 57.7 Å². The average molecular weight is 368 g/mol. The van der Waals surface area contributed by atoms with Gasteiger partial charge < -0.3 is 19.9 Å². The van der Waals surface area contributed by atoms with Crippen LogP contribution in [0.3, 0.4) is 0 Å². The Bertz CT molecular complexity index is 629. The topological polar surface area (TPSA) is 99.3 Å². The molecule has 9 heteroatoms. The quantitative estimate of drug-likeness (QED) is 0.700. The Labute approximate surface area is 153 Å². The van der Waals surface area contributed by atoms with Crippen LogP contribution in [0.4, 0.5) is 4.79 Å². The molecule has 2 fully saturated rings. The fourth-order valence-electron chi connectivity index (χ4n) is 3.48. The van der Waals surface area contributed by atoms with E-state index in [1.807, 2.05) is 0 Å². The zero-order chi connectivity index (χ0) is 19.9. The van der Waals surface area contributed by atoms with Crippen LogP contribution in [-0.2, 0) is 19.1 Å². The number of nitrogens with one attached hydrogen (secondary N) is 1. The van der Waals surface area contributed by atoms with Crippen LogP contribution in [0.25, 0.3) is 0 Å². The highest BCUT2D eigenvalue weighted by Gasteiger charge is 2.62. The van der Waals surface area contributed by atoms with Gasteiger partial charge in [-0.2, -0.15) is 0 Å². The number of hydrogen-bond donors (Lipinski definition) is 1. The Morgan fingerprint density at radius 1 is 1.23 bits per heavy atom. The van der Waals surface area contributed by atoms with Crippen LogP contribution < -0.4 is 5.32 Å². The van der Waals surface area contributed by atoms with Crippen molar-refractivity contribution < 1.29 is 23.9 Å². The van der Waals surface area contributed by atoms with Crippen LogP contribution in [0.5, 0.6) is 0 Å². The SMILES string of the molecule is CNC(=O)[C@H](C)N1CN(C)C(=O)[C@]2(CCCN2C(=O)OC(C)(C)C)C1=O. The number of ether oxygens (including phenoxy) is 1. The zero-order valence-corrected chi connectivity index (χ0v) is 16.3. The Morgan fingerprint density at radius 2 is 1.85 bits per heavy atom. The van der Waals surface area contributed by atoms with Crippen molar-refractivity contribution in [3.63, 3.8) is 0 Å². The fourth-order valence-corrected chi connectivity index (χ4v) is 3.48. The molecule has 0 saturated carbocycles. The molecular weight excluding hydrogens is 340 g/mol. The highest BCUT2D eigenvalue weighted by atomic mass is 16.6. The molecule has 2 rings (SSSR count). The second-order valence-electron chi connectivity index (χ2n) is 7.81. The van der Waals surface area contributed by atoms with Gasteiger partial charge in [-0.05, 0) is 40.5 Å². The lowest BCUT2D eigenvalue weighted by molar-refractivity contribution is -0.171. The van der Waals surface area contributed by atoms with Gasteiger partial charge in [-0.1, -0.05) is 0 Å². The van der Waals surface area contributed by atoms with Crippen LogP contribution >= 0.6 is 0 Å². The molecule has 0 bridgehead atoms. The molecule has 1 spiro atoms. The van der Waals surface area contributed by atoms with E-state index >= 15 is 0 Å². The molecular formula is C17H28N4O5. The molecule has 2 heterocycles. The van der Waals surface area contributed by atoms with Crippen molar-refractivity contribution in [2.24, 2.45) is 0 Å². The van der Waals surface area contributed by atoms with E-state index in [4.69, 9.17) is 4.74 Å². The Kier molecular flexibility index (Phi) is 5.21. The van der Waals surface area contributed by atoms with Gasteiger partial charge in [0.25, 0.3) is 11.8 Å². The summed E-state index contributed by atoms with van der Waals surface area (Å²) in [6, 6.07) is -0.763. The van der Waals surface area contributed by atoms with Crippen molar-refractivity contribution in [3.05, 3.63) is 0 Å². The molecule has 0 aromatic rings. The first-order chi connectivity index (χ1) is 12.0. The fraction of sp³-hybridized carbons (Fsp3) is 0.765. The predicted octanol–water partition coefficient (Wildman–Crippen LogP) is 0.149. The zero-order valence-electron chi connectivity index (χ0n) is 16.3. The van der Waals surface area contributed by atoms with Gasteiger partial charge in [0.1, 0.15) is 11.6 Å². The second kappa shape index (κ2) is 6.77. The van der Waals surface area contributed by atoms with E-state index in [1.165, 1.54) is 21.7 Å². The monoisotopic (exact) mass is 368 g/mol. The Balaban J connectivity index is 2.42. The molecule has 0 unspecified atom stereocenters. The lowest BCUT2D eigenvalue weighted by Gasteiger charge is -2.47. The molecule has 2 aliphatic heterocycles. The highest BCUT2D eigenvalue weighted by Crippen LogP contribution is 2.37. The molecule has 4 amide bonds.